The van der Waals surface area contributed by atoms with Crippen LogP contribution in [0, 0.1) is 5.92 Å². The number of aliphatic hydroxyl groups is 1. The fraction of sp³-hybridized carbons (Fsp3) is 0.952. The number of hydrogen-bond acceptors (Lipinski definition) is 15. The average Bonchev–Trinajstić information content (AvgIpc) is 0.921. The smallest absolute Gasteiger partial charge is 0.462 e. The molecule has 17 nitrogen and oxygen atoms in total. The van der Waals surface area contributed by atoms with Gasteiger partial charge < -0.3 is 33.8 Å². The summed E-state index contributed by atoms with van der Waals surface area (Å²) in [6, 6.07) is 0. The van der Waals surface area contributed by atoms with E-state index in [-0.39, 0.29) is 25.7 Å². The Bertz CT molecular complexity index is 1940. The Labute approximate surface area is 626 Å². The Morgan fingerprint density at radius 3 is 0.667 bits per heavy atom. The van der Waals surface area contributed by atoms with Crippen molar-refractivity contribution < 1.29 is 80.2 Å². The molecule has 0 heterocycles. The minimum Gasteiger partial charge on any atom is -0.462 e. The highest BCUT2D eigenvalue weighted by molar-refractivity contribution is 7.47. The van der Waals surface area contributed by atoms with Crippen molar-refractivity contribution in [1.82, 2.24) is 0 Å². The zero-order chi connectivity index (χ0) is 74.8. The first kappa shape index (κ1) is 100. The normalized spacial score (nSPS) is 13.8. The van der Waals surface area contributed by atoms with Crippen molar-refractivity contribution in [3.8, 4) is 0 Å². The summed E-state index contributed by atoms with van der Waals surface area (Å²) in [5.74, 6) is -1.34. The standard InChI is InChI=1S/C83H162O17P2/c1-6-9-12-15-18-21-24-27-29-31-32-33-35-38-43-48-53-58-63-68-82(87)99-78(72-94-81(86)67-62-57-52-47-42-37-34-30-28-25-22-19-16-13-10-7-2)74-97-101(89,90)95-70-77(84)71-96-102(91,92)98-75-79(73-93-80(85)66-61-56-51-46-41-36-26-23-20-17-14-11-8-3)100-83(88)69-64-59-54-49-44-39-40-45-50-55-60-65-76(4)5/h76-79,84H,6-75H2,1-5H3,(H,89,90)(H,91,92)/t77-,78-,79-/m1/s1. The van der Waals surface area contributed by atoms with Crippen molar-refractivity contribution in [3.05, 3.63) is 0 Å². The maximum Gasteiger partial charge on any atom is 0.472 e. The predicted molar refractivity (Wildman–Crippen MR) is 418 cm³/mol. The second kappa shape index (κ2) is 75.9. The van der Waals surface area contributed by atoms with Crippen LogP contribution in [0.2, 0.25) is 0 Å². The highest BCUT2D eigenvalue weighted by Gasteiger charge is 2.30. The van der Waals surface area contributed by atoms with Gasteiger partial charge in [0.05, 0.1) is 26.4 Å². The fourth-order valence-electron chi connectivity index (χ4n) is 12.9. The Morgan fingerprint density at radius 1 is 0.265 bits per heavy atom. The minimum atomic E-state index is -4.96. The van der Waals surface area contributed by atoms with Crippen LogP contribution in [0.15, 0.2) is 0 Å². The fourth-order valence-corrected chi connectivity index (χ4v) is 14.5. The van der Waals surface area contributed by atoms with Crippen molar-refractivity contribution >= 4 is 39.5 Å². The quantitative estimate of drug-likeness (QED) is 0.0222. The number of esters is 4. The Balaban J connectivity index is 5.26. The summed E-state index contributed by atoms with van der Waals surface area (Å²) in [6.07, 6.45) is 67.9. The van der Waals surface area contributed by atoms with Crippen LogP contribution in [0.3, 0.4) is 0 Å². The van der Waals surface area contributed by atoms with Gasteiger partial charge in [-0.1, -0.05) is 394 Å². The van der Waals surface area contributed by atoms with Crippen LogP contribution < -0.4 is 0 Å². The molecule has 0 aliphatic carbocycles. The molecule has 606 valence electrons. The van der Waals surface area contributed by atoms with Crippen LogP contribution >= 0.6 is 15.6 Å². The number of rotatable bonds is 83. The lowest BCUT2D eigenvalue weighted by Gasteiger charge is -2.21. The Kier molecular flexibility index (Phi) is 74.4. The summed E-state index contributed by atoms with van der Waals surface area (Å²) in [6.45, 7) is 7.35. The van der Waals surface area contributed by atoms with Gasteiger partial charge in [-0.05, 0) is 31.6 Å². The van der Waals surface area contributed by atoms with Gasteiger partial charge in [0.15, 0.2) is 12.2 Å². The molecule has 0 saturated heterocycles. The lowest BCUT2D eigenvalue weighted by Crippen LogP contribution is -2.30. The molecule has 0 aliphatic rings. The molecule has 0 saturated carbocycles. The van der Waals surface area contributed by atoms with E-state index in [4.69, 9.17) is 37.0 Å². The molecule has 0 fully saturated rings. The molecule has 5 atom stereocenters. The molecule has 0 aromatic heterocycles. The van der Waals surface area contributed by atoms with Crippen LogP contribution in [-0.2, 0) is 65.4 Å². The first-order valence-corrected chi connectivity index (χ1v) is 46.1. The topological polar surface area (TPSA) is 237 Å². The van der Waals surface area contributed by atoms with Crippen LogP contribution in [0.4, 0.5) is 0 Å². The third kappa shape index (κ3) is 76.3. The molecule has 3 N–H and O–H groups in total. The van der Waals surface area contributed by atoms with Crippen LogP contribution in [0.25, 0.3) is 0 Å². The molecular weight excluding hydrogens is 1330 g/mol. The van der Waals surface area contributed by atoms with E-state index in [9.17, 15) is 43.2 Å². The van der Waals surface area contributed by atoms with Gasteiger partial charge in [-0.15, -0.1) is 0 Å². The molecule has 0 aromatic rings. The number of ether oxygens (including phenoxy) is 4. The molecule has 0 radical (unpaired) electrons. The SMILES string of the molecule is CCCCCCCCCCCCCCCCCCCCCC(=O)O[C@H](COC(=O)CCCCCCCCCCCCCCCCCC)COP(=O)(O)OC[C@@H](O)COP(=O)(O)OC[C@@H](COC(=O)CCCCCCCCCCCCCCC)OC(=O)CCCCCCCCCCCCCC(C)C. The number of carbonyl (C=O) groups excluding carboxylic acids is 4. The molecule has 0 aromatic carbocycles. The van der Waals surface area contributed by atoms with E-state index in [1.54, 1.807) is 0 Å². The maximum absolute atomic E-state index is 13.1. The van der Waals surface area contributed by atoms with Crippen molar-refractivity contribution in [2.24, 2.45) is 5.92 Å². The number of aliphatic hydroxyl groups excluding tert-OH is 1. The predicted octanol–water partition coefficient (Wildman–Crippen LogP) is 25.2. The molecule has 0 amide bonds. The number of phosphoric acid groups is 2. The monoisotopic (exact) mass is 1490 g/mol. The Hall–Kier alpha value is -1.94. The van der Waals surface area contributed by atoms with Gasteiger partial charge in [-0.3, -0.25) is 37.3 Å². The van der Waals surface area contributed by atoms with Gasteiger partial charge in [0.1, 0.15) is 19.3 Å². The van der Waals surface area contributed by atoms with Crippen LogP contribution in [0.5, 0.6) is 0 Å². The third-order valence-corrected chi connectivity index (χ3v) is 21.4. The zero-order valence-corrected chi connectivity index (χ0v) is 68.5. The van der Waals surface area contributed by atoms with Crippen LogP contribution in [0.1, 0.15) is 446 Å². The highest BCUT2D eigenvalue weighted by Crippen LogP contribution is 2.45. The molecular formula is C83H162O17P2. The largest absolute Gasteiger partial charge is 0.472 e. The highest BCUT2D eigenvalue weighted by atomic mass is 31.2. The average molecular weight is 1490 g/mol. The van der Waals surface area contributed by atoms with E-state index in [2.05, 4.69) is 34.6 Å². The van der Waals surface area contributed by atoms with Crippen LogP contribution in [-0.4, -0.2) is 96.7 Å². The van der Waals surface area contributed by atoms with E-state index in [1.807, 2.05) is 0 Å². The molecule has 0 bridgehead atoms. The molecule has 102 heavy (non-hydrogen) atoms. The van der Waals surface area contributed by atoms with Gasteiger partial charge in [0.2, 0.25) is 0 Å². The molecule has 0 aliphatic heterocycles. The van der Waals surface area contributed by atoms with E-state index in [1.165, 1.54) is 270 Å². The second-order valence-electron chi connectivity index (χ2n) is 30.3. The van der Waals surface area contributed by atoms with Crippen molar-refractivity contribution in [1.29, 1.82) is 0 Å². The van der Waals surface area contributed by atoms with Gasteiger partial charge in [-0.2, -0.15) is 0 Å². The lowest BCUT2D eigenvalue weighted by atomic mass is 10.0. The van der Waals surface area contributed by atoms with Crippen molar-refractivity contribution in [2.75, 3.05) is 39.6 Å². The Morgan fingerprint density at radius 2 is 0.451 bits per heavy atom. The summed E-state index contributed by atoms with van der Waals surface area (Å²) in [4.78, 5) is 73.2. The summed E-state index contributed by atoms with van der Waals surface area (Å²) < 4.78 is 68.8. The molecule has 19 heteroatoms. The summed E-state index contributed by atoms with van der Waals surface area (Å²) in [5.41, 5.74) is 0. The molecule has 2 unspecified atom stereocenters. The van der Waals surface area contributed by atoms with Crippen molar-refractivity contribution in [2.45, 2.75) is 464 Å². The van der Waals surface area contributed by atoms with Gasteiger partial charge in [0.25, 0.3) is 0 Å². The number of unbranched alkanes of at least 4 members (excludes halogenated alkanes) is 55. The van der Waals surface area contributed by atoms with Gasteiger partial charge in [0, 0.05) is 25.7 Å². The minimum absolute atomic E-state index is 0.107. The zero-order valence-electron chi connectivity index (χ0n) is 66.8. The van der Waals surface area contributed by atoms with E-state index >= 15 is 0 Å². The summed E-state index contributed by atoms with van der Waals surface area (Å²) in [7, 11) is -9.92. The molecule has 0 spiro atoms. The maximum atomic E-state index is 13.1. The number of phosphoric ester groups is 2. The number of hydrogen-bond donors (Lipinski definition) is 3. The first-order valence-electron chi connectivity index (χ1n) is 43.1. The molecule has 0 rings (SSSR count). The second-order valence-corrected chi connectivity index (χ2v) is 33.3. The van der Waals surface area contributed by atoms with E-state index < -0.39 is 97.5 Å². The van der Waals surface area contributed by atoms with E-state index in [0.29, 0.717) is 25.7 Å². The number of carbonyl (C=O) groups is 4. The summed E-state index contributed by atoms with van der Waals surface area (Å²) >= 11 is 0. The third-order valence-electron chi connectivity index (χ3n) is 19.5. The first-order chi connectivity index (χ1) is 49.5. The van der Waals surface area contributed by atoms with Gasteiger partial charge >= 0.3 is 39.5 Å². The van der Waals surface area contributed by atoms with Gasteiger partial charge in [-0.25, -0.2) is 9.13 Å². The van der Waals surface area contributed by atoms with Crippen molar-refractivity contribution in [3.63, 3.8) is 0 Å². The lowest BCUT2D eigenvalue weighted by molar-refractivity contribution is -0.161. The summed E-state index contributed by atoms with van der Waals surface area (Å²) in [5, 5.41) is 10.7. The van der Waals surface area contributed by atoms with E-state index in [0.717, 1.165) is 95.8 Å².